The zero-order valence-electron chi connectivity index (χ0n) is 11.2. The highest BCUT2D eigenvalue weighted by Gasteiger charge is 2.55. The van der Waals surface area contributed by atoms with E-state index in [4.69, 9.17) is 4.74 Å². The van der Waals surface area contributed by atoms with Crippen LogP contribution in [0.25, 0.3) is 0 Å². The van der Waals surface area contributed by atoms with E-state index in [9.17, 15) is 14.7 Å². The van der Waals surface area contributed by atoms with Gasteiger partial charge in [0.2, 0.25) is 0 Å². The second-order valence-corrected chi connectivity index (χ2v) is 5.87. The summed E-state index contributed by atoms with van der Waals surface area (Å²) < 4.78 is 5.68. The number of ether oxygens (including phenoxy) is 1. The molecule has 1 heterocycles. The lowest BCUT2D eigenvalue weighted by Crippen LogP contribution is -2.47. The number of rotatable bonds is 1. The average molecular weight is 262 g/mol. The average Bonchev–Trinajstić information content (AvgIpc) is 2.54. The van der Waals surface area contributed by atoms with Crippen LogP contribution in [0.15, 0.2) is 22.8 Å². The van der Waals surface area contributed by atoms with Gasteiger partial charge < -0.3 is 9.84 Å². The normalized spacial score (nSPS) is 37.7. The minimum absolute atomic E-state index is 0.107. The Hall–Kier alpha value is -1.42. The zero-order chi connectivity index (χ0) is 13.8. The van der Waals surface area contributed by atoms with Crippen LogP contribution in [-0.2, 0) is 14.3 Å². The fraction of sp³-hybridized carbons (Fsp3) is 0.600. The van der Waals surface area contributed by atoms with E-state index in [1.807, 2.05) is 13.8 Å². The van der Waals surface area contributed by atoms with Gasteiger partial charge in [-0.2, -0.15) is 0 Å². The highest BCUT2D eigenvalue weighted by molar-refractivity contribution is 6.11. The van der Waals surface area contributed by atoms with E-state index in [1.54, 1.807) is 6.08 Å². The third-order valence-electron chi connectivity index (χ3n) is 4.90. The molecule has 1 aliphatic heterocycles. The van der Waals surface area contributed by atoms with Crippen LogP contribution in [0, 0.1) is 11.8 Å². The van der Waals surface area contributed by atoms with Gasteiger partial charge in [0.05, 0.1) is 12.5 Å². The molecular weight excluding hydrogens is 244 g/mol. The summed E-state index contributed by atoms with van der Waals surface area (Å²) in [5, 5.41) is 9.54. The Bertz CT molecular complexity index is 528. The first-order chi connectivity index (χ1) is 8.99. The van der Waals surface area contributed by atoms with Crippen molar-refractivity contribution in [1.29, 1.82) is 0 Å². The zero-order valence-corrected chi connectivity index (χ0v) is 11.2. The lowest BCUT2D eigenvalue weighted by molar-refractivity contribution is -0.169. The predicted molar refractivity (Wildman–Crippen MR) is 68.2 cm³/mol. The van der Waals surface area contributed by atoms with Crippen molar-refractivity contribution in [2.75, 3.05) is 6.61 Å². The summed E-state index contributed by atoms with van der Waals surface area (Å²) in [6.07, 6.45) is 3.73. The van der Waals surface area contributed by atoms with Crippen molar-refractivity contribution >= 4 is 11.8 Å². The molecule has 4 heteroatoms. The van der Waals surface area contributed by atoms with E-state index in [0.29, 0.717) is 18.4 Å². The van der Waals surface area contributed by atoms with Gasteiger partial charge in [-0.05, 0) is 49.3 Å². The number of allylic oxidation sites excluding steroid dienone is 1. The predicted octanol–water partition coefficient (Wildman–Crippen LogP) is 1.54. The maximum absolute atomic E-state index is 12.2. The second kappa shape index (κ2) is 4.04. The van der Waals surface area contributed by atoms with E-state index >= 15 is 0 Å². The molecular formula is C15H18O4. The van der Waals surface area contributed by atoms with Crippen molar-refractivity contribution in [3.05, 3.63) is 22.8 Å². The maximum Gasteiger partial charge on any atom is 0.310 e. The molecule has 3 atom stereocenters. The second-order valence-electron chi connectivity index (χ2n) is 5.87. The van der Waals surface area contributed by atoms with Crippen LogP contribution in [-0.4, -0.2) is 29.1 Å². The summed E-state index contributed by atoms with van der Waals surface area (Å²) >= 11 is 0. The quantitative estimate of drug-likeness (QED) is 0.728. The van der Waals surface area contributed by atoms with E-state index in [1.165, 1.54) is 0 Å². The Morgan fingerprint density at radius 1 is 1.47 bits per heavy atom. The molecule has 3 rings (SSSR count). The molecule has 1 fully saturated rings. The standard InChI is InChI=1S/C15H18O4/c1-8-5-12(17)13-11(7-16)4-3-10-6-15(8,13)19-14(18)9(10)2/h5,9-10,16H,3-4,6-7H2,1-2H3/t9-,10-,15+/m1/s1. The first-order valence-corrected chi connectivity index (χ1v) is 6.79. The number of carbonyl (C=O) groups is 2. The number of hydrogen-bond acceptors (Lipinski definition) is 4. The van der Waals surface area contributed by atoms with Crippen LogP contribution >= 0.6 is 0 Å². The Labute approximate surface area is 112 Å². The smallest absolute Gasteiger partial charge is 0.310 e. The van der Waals surface area contributed by atoms with Gasteiger partial charge in [-0.15, -0.1) is 0 Å². The fourth-order valence-electron chi connectivity index (χ4n) is 3.68. The van der Waals surface area contributed by atoms with E-state index in [2.05, 4.69) is 0 Å². The minimum Gasteiger partial charge on any atom is -0.449 e. The SMILES string of the molecule is CC1=CC(=O)C2=C(CO)CC[C@@H]3C[C@]12OC(=O)[C@@H]3C. The van der Waals surface area contributed by atoms with Gasteiger partial charge in [-0.3, -0.25) is 9.59 Å². The number of fused-ring (bicyclic) bond motifs is 1. The number of esters is 1. The molecule has 3 aliphatic rings. The molecule has 4 nitrogen and oxygen atoms in total. The van der Waals surface area contributed by atoms with Gasteiger partial charge in [-0.1, -0.05) is 6.92 Å². The van der Waals surface area contributed by atoms with E-state index in [-0.39, 0.29) is 30.2 Å². The molecule has 0 amide bonds. The van der Waals surface area contributed by atoms with Gasteiger partial charge in [0, 0.05) is 5.57 Å². The van der Waals surface area contributed by atoms with Gasteiger partial charge in [-0.25, -0.2) is 0 Å². The Balaban J connectivity index is 2.18. The molecule has 0 aromatic heterocycles. The van der Waals surface area contributed by atoms with Crippen molar-refractivity contribution in [1.82, 2.24) is 0 Å². The molecule has 1 spiro atoms. The van der Waals surface area contributed by atoms with Gasteiger partial charge in [0.15, 0.2) is 11.4 Å². The number of ketones is 1. The molecule has 1 N–H and O–H groups in total. The monoisotopic (exact) mass is 262 g/mol. The summed E-state index contributed by atoms with van der Waals surface area (Å²) in [4.78, 5) is 24.3. The summed E-state index contributed by atoms with van der Waals surface area (Å²) in [6.45, 7) is 3.59. The topological polar surface area (TPSA) is 63.6 Å². The van der Waals surface area contributed by atoms with Crippen LogP contribution in [0.3, 0.4) is 0 Å². The molecule has 0 saturated carbocycles. The number of carbonyl (C=O) groups excluding carboxylic acids is 2. The Kier molecular flexibility index (Phi) is 2.68. The van der Waals surface area contributed by atoms with Crippen LogP contribution < -0.4 is 0 Å². The molecule has 2 bridgehead atoms. The first-order valence-electron chi connectivity index (χ1n) is 6.79. The van der Waals surface area contributed by atoms with Crippen molar-refractivity contribution in [2.24, 2.45) is 11.8 Å². The fourth-order valence-corrected chi connectivity index (χ4v) is 3.68. The molecule has 0 radical (unpaired) electrons. The Morgan fingerprint density at radius 3 is 2.89 bits per heavy atom. The third kappa shape index (κ3) is 1.56. The Morgan fingerprint density at radius 2 is 2.21 bits per heavy atom. The molecule has 19 heavy (non-hydrogen) atoms. The molecule has 0 aromatic rings. The van der Waals surface area contributed by atoms with Crippen molar-refractivity contribution < 1.29 is 19.4 Å². The van der Waals surface area contributed by atoms with Gasteiger partial charge in [0.25, 0.3) is 0 Å². The van der Waals surface area contributed by atoms with Gasteiger partial charge >= 0.3 is 5.97 Å². The lowest BCUT2D eigenvalue weighted by atomic mass is 9.75. The van der Waals surface area contributed by atoms with Crippen LogP contribution in [0.4, 0.5) is 0 Å². The van der Waals surface area contributed by atoms with Crippen LogP contribution in [0.2, 0.25) is 0 Å². The summed E-state index contributed by atoms with van der Waals surface area (Å²) in [7, 11) is 0. The largest absolute Gasteiger partial charge is 0.449 e. The summed E-state index contributed by atoms with van der Waals surface area (Å²) in [5.41, 5.74) is 1.17. The molecule has 1 saturated heterocycles. The highest BCUT2D eigenvalue weighted by Crippen LogP contribution is 2.51. The molecule has 102 valence electrons. The molecule has 0 aromatic carbocycles. The van der Waals surface area contributed by atoms with Crippen molar-refractivity contribution in [3.63, 3.8) is 0 Å². The minimum atomic E-state index is -0.889. The lowest BCUT2D eigenvalue weighted by Gasteiger charge is -2.41. The van der Waals surface area contributed by atoms with Gasteiger partial charge in [0.1, 0.15) is 0 Å². The first kappa shape index (κ1) is 12.6. The number of aliphatic hydroxyl groups excluding tert-OH is 1. The summed E-state index contributed by atoms with van der Waals surface area (Å²) in [5.74, 6) is -0.247. The molecule has 0 unspecified atom stereocenters. The van der Waals surface area contributed by atoms with Crippen LogP contribution in [0.1, 0.15) is 33.1 Å². The maximum atomic E-state index is 12.2. The van der Waals surface area contributed by atoms with Crippen molar-refractivity contribution in [2.45, 2.75) is 38.7 Å². The van der Waals surface area contributed by atoms with E-state index in [0.717, 1.165) is 17.6 Å². The van der Waals surface area contributed by atoms with Crippen LogP contribution in [0.5, 0.6) is 0 Å². The van der Waals surface area contributed by atoms with E-state index < -0.39 is 5.60 Å². The molecule has 2 aliphatic carbocycles. The number of hydrogen-bond donors (Lipinski definition) is 1. The summed E-state index contributed by atoms with van der Waals surface area (Å²) in [6, 6.07) is 0. The number of aliphatic hydroxyl groups is 1. The highest BCUT2D eigenvalue weighted by atomic mass is 16.6. The van der Waals surface area contributed by atoms with Crippen molar-refractivity contribution in [3.8, 4) is 0 Å². The third-order valence-corrected chi connectivity index (χ3v) is 4.90.